The third-order valence-corrected chi connectivity index (χ3v) is 3.44. The molecule has 2 atom stereocenters. The van der Waals surface area contributed by atoms with Crippen LogP contribution in [0.2, 0.25) is 0 Å². The van der Waals surface area contributed by atoms with Gasteiger partial charge in [0.15, 0.2) is 0 Å². The van der Waals surface area contributed by atoms with Crippen LogP contribution < -0.4 is 5.32 Å². The van der Waals surface area contributed by atoms with Gasteiger partial charge in [-0.2, -0.15) is 0 Å². The van der Waals surface area contributed by atoms with Gasteiger partial charge >= 0.3 is 0 Å². The van der Waals surface area contributed by atoms with E-state index in [9.17, 15) is 5.11 Å². The van der Waals surface area contributed by atoms with Gasteiger partial charge in [-0.1, -0.05) is 30.3 Å². The van der Waals surface area contributed by atoms with E-state index < -0.39 is 0 Å². The fraction of sp³-hybridized carbons (Fsp3) is 0.375. The lowest BCUT2D eigenvalue weighted by Gasteiger charge is -2.23. The highest BCUT2D eigenvalue weighted by Gasteiger charge is 2.16. The Morgan fingerprint density at radius 1 is 1.20 bits per heavy atom. The second-order valence-corrected chi connectivity index (χ2v) is 4.99. The lowest BCUT2D eigenvalue weighted by atomic mass is 10.0. The predicted molar refractivity (Wildman–Crippen MR) is 79.3 cm³/mol. The highest BCUT2D eigenvalue weighted by atomic mass is 16.3. The first-order valence-electron chi connectivity index (χ1n) is 6.83. The number of rotatable bonds is 5. The van der Waals surface area contributed by atoms with Crippen molar-refractivity contribution in [1.29, 1.82) is 0 Å². The molecule has 0 saturated carbocycles. The molecule has 4 heteroatoms. The molecule has 2 rings (SSSR count). The first-order valence-corrected chi connectivity index (χ1v) is 6.83. The number of nitrogens with zero attached hydrogens (tertiary/aromatic N) is 2. The van der Waals surface area contributed by atoms with Gasteiger partial charge in [0.05, 0.1) is 12.6 Å². The summed E-state index contributed by atoms with van der Waals surface area (Å²) in [6.07, 6.45) is 1.86. The molecule has 20 heavy (non-hydrogen) atoms. The number of aryl methyl sites for hydroxylation is 2. The van der Waals surface area contributed by atoms with E-state index in [2.05, 4.69) is 22.2 Å². The molecule has 1 aromatic carbocycles. The summed E-state index contributed by atoms with van der Waals surface area (Å²) in [6, 6.07) is 9.94. The Morgan fingerprint density at radius 2 is 1.90 bits per heavy atom. The van der Waals surface area contributed by atoms with Crippen molar-refractivity contribution >= 4 is 0 Å². The standard InChI is InChI=1S/C16H21N3O/c1-11-15(9-17-13(3)18-11)12(2)19-16(10-20)14-7-5-4-6-8-14/h4-9,12,16,19-20H,10H2,1-3H3. The maximum atomic E-state index is 9.59. The first-order chi connectivity index (χ1) is 9.61. The van der Waals surface area contributed by atoms with Crippen LogP contribution in [-0.2, 0) is 0 Å². The number of hydrogen-bond donors (Lipinski definition) is 2. The molecule has 0 amide bonds. The molecule has 0 aliphatic heterocycles. The number of aliphatic hydroxyl groups excluding tert-OH is 1. The zero-order valence-electron chi connectivity index (χ0n) is 12.2. The van der Waals surface area contributed by atoms with Crippen LogP contribution in [0.1, 0.15) is 41.7 Å². The average molecular weight is 271 g/mol. The van der Waals surface area contributed by atoms with Crippen LogP contribution in [0.4, 0.5) is 0 Å². The minimum atomic E-state index is -0.0908. The lowest BCUT2D eigenvalue weighted by molar-refractivity contribution is 0.235. The van der Waals surface area contributed by atoms with Gasteiger partial charge in [-0.25, -0.2) is 9.97 Å². The van der Waals surface area contributed by atoms with Gasteiger partial charge < -0.3 is 10.4 Å². The topological polar surface area (TPSA) is 58.0 Å². The Balaban J connectivity index is 2.15. The Labute approximate surface area is 119 Å². The van der Waals surface area contributed by atoms with Crippen molar-refractivity contribution in [2.45, 2.75) is 32.9 Å². The Kier molecular flexibility index (Phi) is 4.82. The van der Waals surface area contributed by atoms with E-state index >= 15 is 0 Å². The smallest absolute Gasteiger partial charge is 0.125 e. The van der Waals surface area contributed by atoms with E-state index in [1.807, 2.05) is 50.4 Å². The molecule has 106 valence electrons. The van der Waals surface area contributed by atoms with E-state index in [0.717, 1.165) is 22.6 Å². The molecular weight excluding hydrogens is 250 g/mol. The summed E-state index contributed by atoms with van der Waals surface area (Å²) in [5, 5.41) is 13.0. The molecule has 4 nitrogen and oxygen atoms in total. The van der Waals surface area contributed by atoms with Crippen LogP contribution >= 0.6 is 0 Å². The molecular formula is C16H21N3O. The SMILES string of the molecule is Cc1ncc(C(C)NC(CO)c2ccccc2)c(C)n1. The Morgan fingerprint density at radius 3 is 2.50 bits per heavy atom. The number of benzene rings is 1. The summed E-state index contributed by atoms with van der Waals surface area (Å²) in [7, 11) is 0. The fourth-order valence-electron chi connectivity index (χ4n) is 2.35. The molecule has 0 saturated heterocycles. The summed E-state index contributed by atoms with van der Waals surface area (Å²) in [4.78, 5) is 8.64. The van der Waals surface area contributed by atoms with Gasteiger partial charge in [0.2, 0.25) is 0 Å². The van der Waals surface area contributed by atoms with Crippen LogP contribution in [-0.4, -0.2) is 21.7 Å². The Bertz CT molecular complexity index is 557. The summed E-state index contributed by atoms with van der Waals surface area (Å²) in [5.41, 5.74) is 3.11. The molecule has 1 aromatic heterocycles. The minimum absolute atomic E-state index is 0.0557. The molecule has 0 bridgehead atoms. The van der Waals surface area contributed by atoms with E-state index in [1.54, 1.807) is 0 Å². The van der Waals surface area contributed by atoms with Crippen LogP contribution in [0.5, 0.6) is 0 Å². The highest BCUT2D eigenvalue weighted by Crippen LogP contribution is 2.20. The lowest BCUT2D eigenvalue weighted by Crippen LogP contribution is -2.28. The van der Waals surface area contributed by atoms with E-state index in [0.29, 0.717) is 0 Å². The quantitative estimate of drug-likeness (QED) is 0.877. The highest BCUT2D eigenvalue weighted by molar-refractivity contribution is 5.23. The number of aliphatic hydroxyl groups is 1. The molecule has 0 aliphatic carbocycles. The van der Waals surface area contributed by atoms with Crippen molar-refractivity contribution in [2.75, 3.05) is 6.61 Å². The van der Waals surface area contributed by atoms with Crippen LogP contribution in [0.15, 0.2) is 36.5 Å². The van der Waals surface area contributed by atoms with Gasteiger partial charge in [-0.15, -0.1) is 0 Å². The number of aromatic nitrogens is 2. The Hall–Kier alpha value is -1.78. The van der Waals surface area contributed by atoms with Gasteiger partial charge in [0.1, 0.15) is 5.82 Å². The van der Waals surface area contributed by atoms with Crippen LogP contribution in [0.3, 0.4) is 0 Å². The molecule has 2 aromatic rings. The third-order valence-electron chi connectivity index (χ3n) is 3.44. The van der Waals surface area contributed by atoms with Crippen molar-refractivity contribution < 1.29 is 5.11 Å². The van der Waals surface area contributed by atoms with Gasteiger partial charge in [0, 0.05) is 23.5 Å². The molecule has 2 unspecified atom stereocenters. The van der Waals surface area contributed by atoms with E-state index in [1.165, 1.54) is 0 Å². The zero-order chi connectivity index (χ0) is 14.5. The largest absolute Gasteiger partial charge is 0.394 e. The predicted octanol–water partition coefficient (Wildman–Crippen LogP) is 2.48. The molecule has 0 radical (unpaired) electrons. The zero-order valence-corrected chi connectivity index (χ0v) is 12.2. The number of nitrogens with one attached hydrogen (secondary N) is 1. The first kappa shape index (κ1) is 14.6. The summed E-state index contributed by atoms with van der Waals surface area (Å²) in [6.45, 7) is 5.99. The maximum Gasteiger partial charge on any atom is 0.125 e. The van der Waals surface area contributed by atoms with Crippen LogP contribution in [0.25, 0.3) is 0 Å². The number of hydrogen-bond acceptors (Lipinski definition) is 4. The summed E-state index contributed by atoms with van der Waals surface area (Å²) < 4.78 is 0. The molecule has 1 heterocycles. The van der Waals surface area contributed by atoms with Crippen molar-refractivity contribution in [3.05, 3.63) is 59.2 Å². The van der Waals surface area contributed by atoms with Gasteiger partial charge in [0.25, 0.3) is 0 Å². The summed E-state index contributed by atoms with van der Waals surface area (Å²) >= 11 is 0. The molecule has 2 N–H and O–H groups in total. The van der Waals surface area contributed by atoms with Crippen molar-refractivity contribution in [3.63, 3.8) is 0 Å². The van der Waals surface area contributed by atoms with Crippen molar-refractivity contribution in [2.24, 2.45) is 0 Å². The maximum absolute atomic E-state index is 9.59. The molecule has 0 aliphatic rings. The molecule has 0 fully saturated rings. The van der Waals surface area contributed by atoms with Crippen LogP contribution in [0, 0.1) is 13.8 Å². The average Bonchev–Trinajstić information content (AvgIpc) is 2.45. The van der Waals surface area contributed by atoms with Gasteiger partial charge in [-0.3, -0.25) is 0 Å². The molecule has 0 spiro atoms. The van der Waals surface area contributed by atoms with E-state index in [-0.39, 0.29) is 18.7 Å². The monoisotopic (exact) mass is 271 g/mol. The second-order valence-electron chi connectivity index (χ2n) is 4.99. The third kappa shape index (κ3) is 3.40. The van der Waals surface area contributed by atoms with E-state index in [4.69, 9.17) is 0 Å². The van der Waals surface area contributed by atoms with Crippen molar-refractivity contribution in [1.82, 2.24) is 15.3 Å². The fourth-order valence-corrected chi connectivity index (χ4v) is 2.35. The summed E-state index contributed by atoms with van der Waals surface area (Å²) in [5.74, 6) is 0.778. The van der Waals surface area contributed by atoms with Gasteiger partial charge in [-0.05, 0) is 26.3 Å². The minimum Gasteiger partial charge on any atom is -0.394 e. The van der Waals surface area contributed by atoms with Crippen molar-refractivity contribution in [3.8, 4) is 0 Å². The normalized spacial score (nSPS) is 14.0. The second kappa shape index (κ2) is 6.59.